The topological polar surface area (TPSA) is 127 Å². The molecule has 0 saturated carbocycles. The van der Waals surface area contributed by atoms with Crippen LogP contribution in [0.4, 0.5) is 0 Å². The Morgan fingerprint density at radius 2 is 1.21 bits per heavy atom. The Kier molecular flexibility index (Phi) is 11.8. The Bertz CT molecular complexity index is 1140. The van der Waals surface area contributed by atoms with Gasteiger partial charge in [-0.2, -0.15) is 0 Å². The van der Waals surface area contributed by atoms with Crippen molar-refractivity contribution < 1.29 is 28.6 Å². The predicted molar refractivity (Wildman–Crippen MR) is 181 cm³/mol. The fraction of sp³-hybridized carbons (Fsp3) is 0.865. The summed E-state index contributed by atoms with van der Waals surface area (Å²) in [7, 11) is 4.33. The molecule has 0 radical (unpaired) electrons. The van der Waals surface area contributed by atoms with Crippen molar-refractivity contribution in [1.82, 2.24) is 21.3 Å². The minimum absolute atomic E-state index is 0.0174. The molecule has 5 rings (SSSR count). The van der Waals surface area contributed by atoms with Gasteiger partial charge in [-0.15, -0.1) is 6.58 Å². The van der Waals surface area contributed by atoms with E-state index in [1.165, 1.54) is 21.3 Å². The number of hydrogen-bond donors (Lipinski definition) is 4. The zero-order valence-electron chi connectivity index (χ0n) is 30.0. The quantitative estimate of drug-likeness (QED) is 0.175. The van der Waals surface area contributed by atoms with Crippen LogP contribution in [0.5, 0.6) is 0 Å². The molecule has 5 saturated heterocycles. The Balaban J connectivity index is 1.58. The van der Waals surface area contributed by atoms with Crippen LogP contribution < -0.4 is 21.3 Å². The second kappa shape index (κ2) is 15.3. The average Bonchev–Trinajstić information content (AvgIpc) is 3.74. The summed E-state index contributed by atoms with van der Waals surface area (Å²) in [6, 6.07) is 1.23. The number of fused-ring (bicyclic) bond motifs is 8. The lowest BCUT2D eigenvalue weighted by Crippen LogP contribution is -2.52. The van der Waals surface area contributed by atoms with Crippen LogP contribution in [0.15, 0.2) is 12.7 Å². The third-order valence-corrected chi connectivity index (χ3v) is 13.8. The first kappa shape index (κ1) is 36.3. The van der Waals surface area contributed by atoms with Crippen molar-refractivity contribution in [2.24, 2.45) is 53.3 Å². The summed E-state index contributed by atoms with van der Waals surface area (Å²) in [5.74, 6) is 0.833. The molecule has 15 unspecified atom stereocenters. The molecule has 10 heteroatoms. The highest BCUT2D eigenvalue weighted by Crippen LogP contribution is 2.46. The van der Waals surface area contributed by atoms with E-state index in [9.17, 15) is 14.4 Å². The largest absolute Gasteiger partial charge is 0.469 e. The zero-order valence-corrected chi connectivity index (χ0v) is 30.0. The summed E-state index contributed by atoms with van der Waals surface area (Å²) in [4.78, 5) is 39.2. The number of carbonyl (C=O) groups excluding carboxylic acids is 3. The van der Waals surface area contributed by atoms with Crippen LogP contribution in [0, 0.1) is 53.3 Å². The molecule has 0 aromatic heterocycles. The van der Waals surface area contributed by atoms with Crippen molar-refractivity contribution >= 4 is 17.9 Å². The summed E-state index contributed by atoms with van der Waals surface area (Å²) in [6.07, 6.45) is 7.29. The fourth-order valence-electron chi connectivity index (χ4n) is 11.0. The highest BCUT2D eigenvalue weighted by molar-refractivity contribution is 5.75. The number of carbonyl (C=O) groups is 3. The van der Waals surface area contributed by atoms with Gasteiger partial charge < -0.3 is 35.5 Å². The Labute approximate surface area is 282 Å². The molecule has 0 aliphatic carbocycles. The van der Waals surface area contributed by atoms with E-state index in [-0.39, 0.29) is 72.2 Å². The molecule has 5 fully saturated rings. The first-order chi connectivity index (χ1) is 22.5. The zero-order chi connectivity index (χ0) is 34.2. The van der Waals surface area contributed by atoms with Crippen molar-refractivity contribution in [3.8, 4) is 0 Å². The number of nitrogens with one attached hydrogen (secondary N) is 4. The van der Waals surface area contributed by atoms with Crippen LogP contribution in [0.3, 0.4) is 0 Å². The van der Waals surface area contributed by atoms with E-state index in [4.69, 9.17) is 14.2 Å². The standard InChI is InChI=1S/C37H62N4O6/c1-10-22-18(3)26-15-28-20(5)24(12-13-32(42)45-7)35(40-28)25(14-33(43)46-8)36-34(37(44)47-9)21(6)29(41-36)17-31-23(11-2)19(4)27(39-31)16-30(22)38-26/h10,18-31,34-36,38-41H,1,11-17H2,2-9H3/t18?,19?,20-,21?,22?,23?,24-,25?,26?,27?,28?,29?,30?,31?,34?,35?,36?/m0/s1. The molecule has 10 nitrogen and oxygen atoms in total. The lowest BCUT2D eigenvalue weighted by Gasteiger charge is -2.36. The van der Waals surface area contributed by atoms with Crippen LogP contribution in [-0.2, 0) is 28.6 Å². The first-order valence-corrected chi connectivity index (χ1v) is 18.4. The summed E-state index contributed by atoms with van der Waals surface area (Å²) in [5.41, 5.74) is 0. The minimum atomic E-state index is -0.409. The molecule has 8 bridgehead atoms. The summed E-state index contributed by atoms with van der Waals surface area (Å²) in [6.45, 7) is 15.8. The highest BCUT2D eigenvalue weighted by Gasteiger charge is 2.56. The van der Waals surface area contributed by atoms with Gasteiger partial charge in [0.25, 0.3) is 0 Å². The minimum Gasteiger partial charge on any atom is -0.469 e. The van der Waals surface area contributed by atoms with Gasteiger partial charge in [0.2, 0.25) is 0 Å². The molecular weight excluding hydrogens is 596 g/mol. The maximum atomic E-state index is 13.6. The van der Waals surface area contributed by atoms with Crippen LogP contribution in [-0.4, -0.2) is 87.6 Å². The van der Waals surface area contributed by atoms with Crippen molar-refractivity contribution in [3.63, 3.8) is 0 Å². The lowest BCUT2D eigenvalue weighted by molar-refractivity contribution is -0.149. The van der Waals surface area contributed by atoms with Gasteiger partial charge in [-0.1, -0.05) is 47.1 Å². The third kappa shape index (κ3) is 7.04. The summed E-state index contributed by atoms with van der Waals surface area (Å²) < 4.78 is 15.8. The molecule has 0 amide bonds. The van der Waals surface area contributed by atoms with Crippen molar-refractivity contribution in [3.05, 3.63) is 12.7 Å². The average molecular weight is 659 g/mol. The molecule has 0 aromatic carbocycles. The maximum Gasteiger partial charge on any atom is 0.310 e. The molecule has 47 heavy (non-hydrogen) atoms. The van der Waals surface area contributed by atoms with Gasteiger partial charge in [0, 0.05) is 60.7 Å². The van der Waals surface area contributed by atoms with Crippen molar-refractivity contribution in [2.75, 3.05) is 21.3 Å². The van der Waals surface area contributed by atoms with E-state index in [1.807, 2.05) is 0 Å². The van der Waals surface area contributed by atoms with Crippen LogP contribution in [0.1, 0.15) is 79.6 Å². The predicted octanol–water partition coefficient (Wildman–Crippen LogP) is 3.44. The molecule has 5 aliphatic rings. The van der Waals surface area contributed by atoms with Gasteiger partial charge in [-0.05, 0) is 67.1 Å². The molecule has 266 valence electrons. The van der Waals surface area contributed by atoms with Gasteiger partial charge in [-0.3, -0.25) is 14.4 Å². The van der Waals surface area contributed by atoms with E-state index in [0.29, 0.717) is 60.7 Å². The summed E-state index contributed by atoms with van der Waals surface area (Å²) in [5, 5.41) is 16.2. The highest BCUT2D eigenvalue weighted by atomic mass is 16.5. The number of hydrogen-bond acceptors (Lipinski definition) is 10. The number of rotatable bonds is 8. The van der Waals surface area contributed by atoms with Gasteiger partial charge in [0.05, 0.1) is 33.7 Å². The Hall–Kier alpha value is -2.01. The Morgan fingerprint density at radius 1 is 0.660 bits per heavy atom. The van der Waals surface area contributed by atoms with Crippen LogP contribution in [0.25, 0.3) is 0 Å². The van der Waals surface area contributed by atoms with Gasteiger partial charge in [0.1, 0.15) is 0 Å². The monoisotopic (exact) mass is 658 g/mol. The summed E-state index contributed by atoms with van der Waals surface area (Å²) >= 11 is 0. The van der Waals surface area contributed by atoms with Crippen LogP contribution >= 0.6 is 0 Å². The molecule has 17 atom stereocenters. The molecule has 0 spiro atoms. The van der Waals surface area contributed by atoms with Gasteiger partial charge in [0.15, 0.2) is 0 Å². The fourth-order valence-corrected chi connectivity index (χ4v) is 11.0. The second-order valence-corrected chi connectivity index (χ2v) is 15.7. The van der Waals surface area contributed by atoms with Gasteiger partial charge >= 0.3 is 17.9 Å². The van der Waals surface area contributed by atoms with E-state index in [0.717, 1.165) is 25.7 Å². The molecule has 0 aromatic rings. The lowest BCUT2D eigenvalue weighted by atomic mass is 9.72. The molecule has 5 heterocycles. The van der Waals surface area contributed by atoms with E-state index >= 15 is 0 Å². The SMILES string of the molecule is C=CC1C2CC3NC(CC4NC(C(CC(=O)OC)C5NC(CC(N2)C1C)[C@@H](C)[C@@H]5CCC(=O)OC)C(C(=O)OC)C4C)C(CC)C3C. The molecule has 4 N–H and O–H groups in total. The van der Waals surface area contributed by atoms with Crippen molar-refractivity contribution in [1.29, 1.82) is 0 Å². The molecule has 5 aliphatic heterocycles. The maximum absolute atomic E-state index is 13.6. The van der Waals surface area contributed by atoms with E-state index in [1.54, 1.807) is 0 Å². The van der Waals surface area contributed by atoms with E-state index < -0.39 is 5.92 Å². The second-order valence-electron chi connectivity index (χ2n) is 15.7. The molecular formula is C37H62N4O6. The van der Waals surface area contributed by atoms with E-state index in [2.05, 4.69) is 68.5 Å². The normalized spacial score (nSPS) is 46.2. The third-order valence-electron chi connectivity index (χ3n) is 13.8. The number of methoxy groups -OCH3 is 3. The number of esters is 3. The van der Waals surface area contributed by atoms with Gasteiger partial charge in [-0.25, -0.2) is 0 Å². The van der Waals surface area contributed by atoms with Crippen molar-refractivity contribution in [2.45, 2.75) is 128 Å². The smallest absolute Gasteiger partial charge is 0.310 e. The Morgan fingerprint density at radius 3 is 1.85 bits per heavy atom. The van der Waals surface area contributed by atoms with Crippen LogP contribution in [0.2, 0.25) is 0 Å². The number of ether oxygens (including phenoxy) is 3. The first-order valence-electron chi connectivity index (χ1n) is 18.4.